The number of nitrogens with zero attached hydrogens (tertiary/aromatic N) is 2. The monoisotopic (exact) mass is 313 g/mol. The van der Waals surface area contributed by atoms with Gasteiger partial charge in [-0.05, 0) is 26.0 Å². The summed E-state index contributed by atoms with van der Waals surface area (Å²) < 4.78 is 43.6. The van der Waals surface area contributed by atoms with Crippen molar-refractivity contribution in [3.05, 3.63) is 41.5 Å². The highest BCUT2D eigenvalue weighted by Crippen LogP contribution is 2.27. The molecule has 1 heterocycles. The van der Waals surface area contributed by atoms with Gasteiger partial charge >= 0.3 is 6.61 Å². The molecule has 1 N–H and O–H groups in total. The van der Waals surface area contributed by atoms with Crippen molar-refractivity contribution in [3.63, 3.8) is 0 Å². The predicted octanol–water partition coefficient (Wildman–Crippen LogP) is 3.20. The first kappa shape index (κ1) is 15.9. The van der Waals surface area contributed by atoms with E-state index in [1.165, 1.54) is 0 Å². The molecule has 0 saturated heterocycles. The highest BCUT2D eigenvalue weighted by atomic mass is 19.3. The van der Waals surface area contributed by atoms with Gasteiger partial charge in [0.25, 0.3) is 5.91 Å². The minimum Gasteiger partial charge on any atom is -0.432 e. The van der Waals surface area contributed by atoms with Crippen LogP contribution in [0.5, 0.6) is 5.75 Å². The molecule has 0 aliphatic rings. The number of carbonyl (C=O) groups is 1. The summed E-state index contributed by atoms with van der Waals surface area (Å²) in [6.07, 6.45) is 1.54. The molecule has 22 heavy (non-hydrogen) atoms. The van der Waals surface area contributed by atoms with Crippen molar-refractivity contribution in [3.8, 4) is 5.75 Å². The van der Waals surface area contributed by atoms with Gasteiger partial charge in [0.2, 0.25) is 0 Å². The summed E-state index contributed by atoms with van der Waals surface area (Å²) in [4.78, 5) is 12.2. The lowest BCUT2D eigenvalue weighted by Gasteiger charge is -2.11. The van der Waals surface area contributed by atoms with Crippen LogP contribution < -0.4 is 10.1 Å². The van der Waals surface area contributed by atoms with Crippen molar-refractivity contribution >= 4 is 11.6 Å². The first-order valence-electron chi connectivity index (χ1n) is 6.50. The Balaban J connectivity index is 2.25. The summed E-state index contributed by atoms with van der Waals surface area (Å²) >= 11 is 0. The molecular formula is C14H14F3N3O2. The molecular weight excluding hydrogens is 299 g/mol. The van der Waals surface area contributed by atoms with E-state index in [0.717, 1.165) is 18.2 Å². The first-order chi connectivity index (χ1) is 10.4. The van der Waals surface area contributed by atoms with Crippen LogP contribution in [0.1, 0.15) is 23.0 Å². The largest absolute Gasteiger partial charge is 0.432 e. The molecule has 0 saturated carbocycles. The maximum absolute atomic E-state index is 13.1. The number of aryl methyl sites for hydroxylation is 2. The van der Waals surface area contributed by atoms with Crippen LogP contribution in [0.2, 0.25) is 0 Å². The fourth-order valence-electron chi connectivity index (χ4n) is 1.89. The Morgan fingerprint density at radius 2 is 2.18 bits per heavy atom. The van der Waals surface area contributed by atoms with Gasteiger partial charge in [-0.1, -0.05) is 0 Å². The van der Waals surface area contributed by atoms with Crippen LogP contribution in [0.25, 0.3) is 0 Å². The number of benzene rings is 1. The minimum absolute atomic E-state index is 0.0460. The van der Waals surface area contributed by atoms with Crippen molar-refractivity contribution in [1.82, 2.24) is 9.78 Å². The van der Waals surface area contributed by atoms with Gasteiger partial charge in [-0.3, -0.25) is 9.48 Å². The predicted molar refractivity (Wildman–Crippen MR) is 73.6 cm³/mol. The normalized spacial score (nSPS) is 10.8. The van der Waals surface area contributed by atoms with Gasteiger partial charge in [0.1, 0.15) is 5.82 Å². The molecule has 8 heteroatoms. The second-order valence-corrected chi connectivity index (χ2v) is 4.46. The number of halogens is 3. The summed E-state index contributed by atoms with van der Waals surface area (Å²) in [7, 11) is 0. The second kappa shape index (κ2) is 6.50. The average Bonchev–Trinajstić information content (AvgIpc) is 2.82. The summed E-state index contributed by atoms with van der Waals surface area (Å²) in [5.41, 5.74) is 0.752. The third-order valence-corrected chi connectivity index (χ3v) is 2.92. The van der Waals surface area contributed by atoms with Gasteiger partial charge in [-0.15, -0.1) is 0 Å². The molecule has 0 radical (unpaired) electrons. The quantitative estimate of drug-likeness (QED) is 0.922. The number of ether oxygens (including phenoxy) is 1. The van der Waals surface area contributed by atoms with E-state index in [2.05, 4.69) is 15.2 Å². The molecule has 118 valence electrons. The van der Waals surface area contributed by atoms with Crippen LogP contribution in [0.15, 0.2) is 24.4 Å². The van der Waals surface area contributed by atoms with Crippen LogP contribution in [0, 0.1) is 12.7 Å². The lowest BCUT2D eigenvalue weighted by molar-refractivity contribution is -0.0495. The number of anilines is 1. The lowest BCUT2D eigenvalue weighted by atomic mass is 10.2. The summed E-state index contributed by atoms with van der Waals surface area (Å²) in [5, 5.41) is 6.54. The van der Waals surface area contributed by atoms with Crippen LogP contribution in [0.3, 0.4) is 0 Å². The van der Waals surface area contributed by atoms with E-state index in [0.29, 0.717) is 17.8 Å². The number of alkyl halides is 2. The van der Waals surface area contributed by atoms with Gasteiger partial charge in [-0.25, -0.2) is 4.39 Å². The molecule has 5 nitrogen and oxygen atoms in total. The Morgan fingerprint density at radius 1 is 1.45 bits per heavy atom. The minimum atomic E-state index is -3.12. The van der Waals surface area contributed by atoms with Crippen molar-refractivity contribution in [2.24, 2.45) is 0 Å². The number of amides is 1. The number of hydrogen-bond acceptors (Lipinski definition) is 3. The van der Waals surface area contributed by atoms with Crippen LogP contribution >= 0.6 is 0 Å². The third kappa shape index (κ3) is 3.57. The molecule has 1 aromatic carbocycles. The molecule has 0 fully saturated rings. The van der Waals surface area contributed by atoms with Crippen LogP contribution in [-0.4, -0.2) is 22.3 Å². The van der Waals surface area contributed by atoms with Crippen molar-refractivity contribution in [2.45, 2.75) is 27.0 Å². The molecule has 2 aromatic rings. The Kier molecular flexibility index (Phi) is 4.69. The zero-order chi connectivity index (χ0) is 16.3. The molecule has 2 rings (SSSR count). The SMILES string of the molecule is CCn1cc(C(=O)Nc2ccc(F)cc2OC(F)F)c(C)n1. The van der Waals surface area contributed by atoms with E-state index >= 15 is 0 Å². The maximum atomic E-state index is 13.1. The van der Waals surface area contributed by atoms with E-state index in [1.54, 1.807) is 17.8 Å². The fraction of sp³-hybridized carbons (Fsp3) is 0.286. The van der Waals surface area contributed by atoms with E-state index in [-0.39, 0.29) is 5.69 Å². The maximum Gasteiger partial charge on any atom is 0.387 e. The van der Waals surface area contributed by atoms with Gasteiger partial charge in [-0.2, -0.15) is 13.9 Å². The number of nitrogens with one attached hydrogen (secondary N) is 1. The smallest absolute Gasteiger partial charge is 0.387 e. The van der Waals surface area contributed by atoms with Gasteiger partial charge in [0.05, 0.1) is 16.9 Å². The Bertz CT molecular complexity index is 686. The van der Waals surface area contributed by atoms with E-state index < -0.39 is 24.1 Å². The van der Waals surface area contributed by atoms with E-state index in [4.69, 9.17) is 0 Å². The molecule has 1 aromatic heterocycles. The zero-order valence-corrected chi connectivity index (χ0v) is 11.9. The van der Waals surface area contributed by atoms with Gasteiger partial charge < -0.3 is 10.1 Å². The topological polar surface area (TPSA) is 56.2 Å². The van der Waals surface area contributed by atoms with Crippen molar-refractivity contribution < 1.29 is 22.7 Å². The third-order valence-electron chi connectivity index (χ3n) is 2.92. The first-order valence-corrected chi connectivity index (χ1v) is 6.50. The molecule has 1 amide bonds. The Morgan fingerprint density at radius 3 is 2.77 bits per heavy atom. The molecule has 0 aliphatic heterocycles. The lowest BCUT2D eigenvalue weighted by Crippen LogP contribution is -2.14. The zero-order valence-electron chi connectivity index (χ0n) is 11.9. The summed E-state index contributed by atoms with van der Waals surface area (Å²) in [5.74, 6) is -1.73. The fourth-order valence-corrected chi connectivity index (χ4v) is 1.89. The molecule has 0 bridgehead atoms. The standard InChI is InChI=1S/C14H14F3N3O2/c1-3-20-7-10(8(2)19-20)13(21)18-11-5-4-9(15)6-12(11)22-14(16)17/h4-7,14H,3H2,1-2H3,(H,18,21). The summed E-state index contributed by atoms with van der Waals surface area (Å²) in [6.45, 7) is 0.983. The van der Waals surface area contributed by atoms with Crippen molar-refractivity contribution in [1.29, 1.82) is 0 Å². The van der Waals surface area contributed by atoms with Gasteiger partial charge in [0, 0.05) is 18.8 Å². The molecule has 0 atom stereocenters. The van der Waals surface area contributed by atoms with Crippen molar-refractivity contribution in [2.75, 3.05) is 5.32 Å². The van der Waals surface area contributed by atoms with E-state index in [9.17, 15) is 18.0 Å². The molecule has 0 spiro atoms. The molecule has 0 unspecified atom stereocenters. The Hall–Kier alpha value is -2.51. The number of rotatable bonds is 5. The summed E-state index contributed by atoms with van der Waals surface area (Å²) in [6, 6.07) is 2.98. The highest BCUT2D eigenvalue weighted by molar-refractivity contribution is 6.05. The number of hydrogen-bond donors (Lipinski definition) is 1. The van der Waals surface area contributed by atoms with Crippen LogP contribution in [0.4, 0.5) is 18.9 Å². The second-order valence-electron chi connectivity index (χ2n) is 4.46. The number of aromatic nitrogens is 2. The van der Waals surface area contributed by atoms with E-state index in [1.807, 2.05) is 6.92 Å². The highest BCUT2D eigenvalue weighted by Gasteiger charge is 2.17. The molecule has 0 aliphatic carbocycles. The average molecular weight is 313 g/mol. The number of carbonyl (C=O) groups excluding carboxylic acids is 1. The van der Waals surface area contributed by atoms with Gasteiger partial charge in [0.15, 0.2) is 5.75 Å². The van der Waals surface area contributed by atoms with Crippen LogP contribution in [-0.2, 0) is 6.54 Å². The Labute approximate surface area is 124 Å².